The van der Waals surface area contributed by atoms with Crippen LogP contribution in [0, 0.1) is 0 Å². The Morgan fingerprint density at radius 3 is 3.00 bits per heavy atom. The highest BCUT2D eigenvalue weighted by Crippen LogP contribution is 2.17. The molecule has 0 aliphatic carbocycles. The van der Waals surface area contributed by atoms with E-state index in [0.717, 1.165) is 4.31 Å². The van der Waals surface area contributed by atoms with Gasteiger partial charge in [-0.25, -0.2) is 24.1 Å². The Kier molecular flexibility index (Phi) is 3.83. The average molecular weight is 284 g/mol. The summed E-state index contributed by atoms with van der Waals surface area (Å²) >= 11 is 9.83. The van der Waals surface area contributed by atoms with Crippen molar-refractivity contribution in [1.29, 1.82) is 0 Å². The molecule has 0 aliphatic rings. The van der Waals surface area contributed by atoms with Crippen LogP contribution in [0.2, 0.25) is 5.15 Å². The van der Waals surface area contributed by atoms with Gasteiger partial charge in [0, 0.05) is 6.54 Å². The van der Waals surface area contributed by atoms with Crippen LogP contribution in [-0.4, -0.2) is 27.5 Å². The highest BCUT2D eigenvalue weighted by Gasteiger charge is 2.13. The first kappa shape index (κ1) is 12.8. The van der Waals surface area contributed by atoms with Crippen LogP contribution < -0.4 is 9.62 Å². The molecule has 0 spiro atoms. The van der Waals surface area contributed by atoms with Crippen molar-refractivity contribution in [2.45, 2.75) is 6.92 Å². The van der Waals surface area contributed by atoms with Gasteiger partial charge in [-0.15, -0.1) is 0 Å². The lowest BCUT2D eigenvalue weighted by molar-refractivity contribution is 0.250. The fourth-order valence-corrected chi connectivity index (χ4v) is 1.61. The van der Waals surface area contributed by atoms with Gasteiger partial charge in [0.25, 0.3) is 0 Å². The van der Waals surface area contributed by atoms with Gasteiger partial charge in [-0.1, -0.05) is 24.4 Å². The van der Waals surface area contributed by atoms with E-state index in [9.17, 15) is 4.79 Å². The summed E-state index contributed by atoms with van der Waals surface area (Å²) in [5.41, 5.74) is 0.962. The van der Waals surface area contributed by atoms with Crippen LogP contribution in [0.1, 0.15) is 6.92 Å². The van der Waals surface area contributed by atoms with Gasteiger partial charge in [-0.3, -0.25) is 0 Å². The van der Waals surface area contributed by atoms with Gasteiger partial charge < -0.3 is 5.32 Å². The first-order chi connectivity index (χ1) is 8.61. The number of hydrogen-bond donors (Lipinski definition) is 2. The SMILES string of the molecule is CCNC(=O)N(S)c1cnc2ccc(Cl)nc2n1. The number of nitrogens with one attached hydrogen (secondary N) is 1. The molecule has 2 rings (SSSR count). The van der Waals surface area contributed by atoms with Crippen molar-refractivity contribution in [1.82, 2.24) is 20.3 Å². The molecule has 1 N–H and O–H groups in total. The number of amides is 2. The van der Waals surface area contributed by atoms with Crippen LogP contribution in [0.3, 0.4) is 0 Å². The zero-order valence-corrected chi connectivity index (χ0v) is 11.1. The van der Waals surface area contributed by atoms with E-state index in [-0.39, 0.29) is 11.8 Å². The van der Waals surface area contributed by atoms with Crippen molar-refractivity contribution in [3.8, 4) is 0 Å². The number of halogens is 1. The Labute approximate surface area is 114 Å². The first-order valence-corrected chi connectivity index (χ1v) is 5.95. The monoisotopic (exact) mass is 283 g/mol. The molecule has 0 aromatic carbocycles. The molecular formula is C10H10ClN5OS. The van der Waals surface area contributed by atoms with Crippen LogP contribution in [0.15, 0.2) is 18.3 Å². The van der Waals surface area contributed by atoms with Crippen LogP contribution in [0.5, 0.6) is 0 Å². The van der Waals surface area contributed by atoms with Gasteiger partial charge in [0.2, 0.25) is 0 Å². The minimum absolute atomic E-state index is 0.284. The van der Waals surface area contributed by atoms with Gasteiger partial charge in [0.05, 0.1) is 6.20 Å². The summed E-state index contributed by atoms with van der Waals surface area (Å²) in [6.45, 7) is 2.31. The van der Waals surface area contributed by atoms with Crippen molar-refractivity contribution < 1.29 is 4.79 Å². The number of thiol groups is 1. The third-order valence-corrected chi connectivity index (χ3v) is 2.69. The molecule has 0 atom stereocenters. The number of fused-ring (bicyclic) bond motifs is 1. The normalized spacial score (nSPS) is 10.4. The first-order valence-electron chi connectivity index (χ1n) is 5.18. The van der Waals surface area contributed by atoms with E-state index in [2.05, 4.69) is 33.1 Å². The summed E-state index contributed by atoms with van der Waals surface area (Å²) in [5, 5.41) is 2.92. The molecule has 2 aromatic heterocycles. The minimum atomic E-state index is -0.378. The molecule has 2 heterocycles. The summed E-state index contributed by atoms with van der Waals surface area (Å²) in [6.07, 6.45) is 1.44. The molecule has 18 heavy (non-hydrogen) atoms. The van der Waals surface area contributed by atoms with Crippen molar-refractivity contribution in [2.75, 3.05) is 10.8 Å². The van der Waals surface area contributed by atoms with Gasteiger partial charge >= 0.3 is 6.03 Å². The molecule has 2 amide bonds. The molecule has 8 heteroatoms. The maximum Gasteiger partial charge on any atom is 0.333 e. The Hall–Kier alpha value is -1.60. The zero-order chi connectivity index (χ0) is 13.1. The highest BCUT2D eigenvalue weighted by molar-refractivity contribution is 7.82. The number of urea groups is 1. The van der Waals surface area contributed by atoms with Crippen LogP contribution in [0.25, 0.3) is 11.2 Å². The van der Waals surface area contributed by atoms with E-state index < -0.39 is 0 Å². The van der Waals surface area contributed by atoms with E-state index in [1.54, 1.807) is 12.1 Å². The second-order valence-corrected chi connectivity index (χ2v) is 4.14. The van der Waals surface area contributed by atoms with Crippen molar-refractivity contribution in [3.05, 3.63) is 23.5 Å². The fraction of sp³-hybridized carbons (Fsp3) is 0.200. The van der Waals surface area contributed by atoms with E-state index in [1.807, 2.05) is 6.92 Å². The van der Waals surface area contributed by atoms with E-state index in [0.29, 0.717) is 22.9 Å². The van der Waals surface area contributed by atoms with Crippen molar-refractivity contribution in [3.63, 3.8) is 0 Å². The van der Waals surface area contributed by atoms with Gasteiger partial charge in [0.1, 0.15) is 10.7 Å². The second kappa shape index (κ2) is 5.36. The third kappa shape index (κ3) is 2.62. The topological polar surface area (TPSA) is 71.0 Å². The Morgan fingerprint density at radius 1 is 1.50 bits per heavy atom. The Morgan fingerprint density at radius 2 is 2.28 bits per heavy atom. The zero-order valence-electron chi connectivity index (χ0n) is 9.46. The summed E-state index contributed by atoms with van der Waals surface area (Å²) in [5.74, 6) is 0.284. The van der Waals surface area contributed by atoms with Crippen LogP contribution in [0.4, 0.5) is 10.6 Å². The number of pyridine rings is 1. The third-order valence-electron chi connectivity index (χ3n) is 2.10. The number of rotatable bonds is 2. The molecule has 0 fully saturated rings. The van der Waals surface area contributed by atoms with Gasteiger partial charge in [-0.05, 0) is 19.1 Å². The van der Waals surface area contributed by atoms with Crippen LogP contribution in [-0.2, 0) is 0 Å². The lowest BCUT2D eigenvalue weighted by Gasteiger charge is -2.14. The molecular weight excluding hydrogens is 274 g/mol. The molecule has 0 saturated heterocycles. The number of hydrogen-bond acceptors (Lipinski definition) is 5. The number of anilines is 1. The van der Waals surface area contributed by atoms with Crippen LogP contribution >= 0.6 is 24.4 Å². The smallest absolute Gasteiger partial charge is 0.333 e. The summed E-state index contributed by atoms with van der Waals surface area (Å²) < 4.78 is 1.07. The second-order valence-electron chi connectivity index (χ2n) is 3.35. The van der Waals surface area contributed by atoms with E-state index in [1.165, 1.54) is 6.20 Å². The summed E-state index contributed by atoms with van der Waals surface area (Å²) in [4.78, 5) is 23.9. The van der Waals surface area contributed by atoms with Gasteiger partial charge in [0.15, 0.2) is 11.5 Å². The predicted molar refractivity (Wildman–Crippen MR) is 72.9 cm³/mol. The molecule has 94 valence electrons. The average Bonchev–Trinajstić information content (AvgIpc) is 2.37. The summed E-state index contributed by atoms with van der Waals surface area (Å²) in [6, 6.07) is 2.95. The molecule has 0 bridgehead atoms. The lowest BCUT2D eigenvalue weighted by atomic mass is 10.4. The molecule has 2 aromatic rings. The Balaban J connectivity index is 2.37. The number of nitrogens with zero attached hydrogens (tertiary/aromatic N) is 4. The quantitative estimate of drug-likeness (QED) is 0.654. The molecule has 0 saturated carbocycles. The van der Waals surface area contributed by atoms with E-state index in [4.69, 9.17) is 11.6 Å². The Bertz CT molecular complexity index is 593. The van der Waals surface area contributed by atoms with Gasteiger partial charge in [-0.2, -0.15) is 0 Å². The van der Waals surface area contributed by atoms with Crippen molar-refractivity contribution >= 4 is 47.4 Å². The molecule has 6 nitrogen and oxygen atoms in total. The number of carbonyl (C=O) groups excluding carboxylic acids is 1. The number of carbonyl (C=O) groups is 1. The van der Waals surface area contributed by atoms with Crippen molar-refractivity contribution in [2.24, 2.45) is 0 Å². The molecule has 0 unspecified atom stereocenters. The standard InChI is InChI=1S/C10H10ClN5OS/c1-2-12-10(17)16(18)8-5-13-6-3-4-7(11)14-9(6)15-8/h3-5,18H,2H2,1H3,(H,12,17). The molecule has 0 radical (unpaired) electrons. The number of aromatic nitrogens is 3. The largest absolute Gasteiger partial charge is 0.337 e. The maximum absolute atomic E-state index is 11.6. The highest BCUT2D eigenvalue weighted by atomic mass is 35.5. The predicted octanol–water partition coefficient (Wildman–Crippen LogP) is 2.06. The maximum atomic E-state index is 11.6. The van der Waals surface area contributed by atoms with E-state index >= 15 is 0 Å². The minimum Gasteiger partial charge on any atom is -0.337 e. The lowest BCUT2D eigenvalue weighted by Crippen LogP contribution is -2.34. The summed E-state index contributed by atoms with van der Waals surface area (Å²) in [7, 11) is 0. The fourth-order valence-electron chi connectivity index (χ4n) is 1.30. The molecule has 0 aliphatic heterocycles.